The second-order valence-corrected chi connectivity index (χ2v) is 9.60. The van der Waals surface area contributed by atoms with E-state index in [-0.39, 0.29) is 22.7 Å². The number of carbonyl (C=O) groups is 3. The number of nitrogens with one attached hydrogen (secondary N) is 2. The number of benzene rings is 1. The number of urea groups is 1. The third-order valence-electron chi connectivity index (χ3n) is 6.51. The van der Waals surface area contributed by atoms with Crippen molar-refractivity contribution in [2.75, 3.05) is 11.9 Å². The number of hydrogen-bond acceptors (Lipinski definition) is 5. The summed E-state index contributed by atoms with van der Waals surface area (Å²) in [5.41, 5.74) is -0.387. The molecule has 1 saturated carbocycles. The Kier molecular flexibility index (Phi) is 5.47. The zero-order valence-electron chi connectivity index (χ0n) is 18.4. The maximum atomic E-state index is 14.4. The summed E-state index contributed by atoms with van der Waals surface area (Å²) in [4.78, 5) is 42.8. The van der Waals surface area contributed by atoms with Crippen LogP contribution in [-0.4, -0.2) is 49.6 Å². The maximum absolute atomic E-state index is 14.4. The van der Waals surface area contributed by atoms with Gasteiger partial charge < -0.3 is 10.6 Å². The lowest BCUT2D eigenvalue weighted by molar-refractivity contribution is -0.135. The van der Waals surface area contributed by atoms with Gasteiger partial charge in [0.1, 0.15) is 30.4 Å². The van der Waals surface area contributed by atoms with Crippen LogP contribution in [0.4, 0.5) is 14.9 Å². The van der Waals surface area contributed by atoms with Crippen molar-refractivity contribution in [2.45, 2.75) is 52.0 Å². The van der Waals surface area contributed by atoms with Gasteiger partial charge in [-0.1, -0.05) is 20.8 Å². The summed E-state index contributed by atoms with van der Waals surface area (Å²) in [6, 6.07) is 3.55. The number of amides is 4. The second kappa shape index (κ2) is 7.99. The molecular formula is C22H27FN6O3. The molecule has 0 unspecified atom stereocenters. The third-order valence-corrected chi connectivity index (χ3v) is 6.51. The quantitative estimate of drug-likeness (QED) is 0.708. The highest BCUT2D eigenvalue weighted by atomic mass is 19.1. The first kappa shape index (κ1) is 21.9. The normalized spacial score (nSPS) is 23.5. The van der Waals surface area contributed by atoms with E-state index < -0.39 is 29.8 Å². The van der Waals surface area contributed by atoms with Crippen molar-refractivity contribution in [2.24, 2.45) is 11.3 Å². The number of hydrogen-bond donors (Lipinski definition) is 2. The Hall–Kier alpha value is -3.30. The SMILES string of the molecule is CC(C)(C)C1CCC2(CC1)NC(=O)N(CC(=O)Nc1ccc(-n3cncn3)c(F)c1)C2=O. The summed E-state index contributed by atoms with van der Waals surface area (Å²) in [5, 5.41) is 9.24. The van der Waals surface area contributed by atoms with Crippen molar-refractivity contribution in [3.8, 4) is 5.69 Å². The van der Waals surface area contributed by atoms with Crippen LogP contribution in [-0.2, 0) is 9.59 Å². The fourth-order valence-corrected chi connectivity index (χ4v) is 4.58. The van der Waals surface area contributed by atoms with E-state index in [4.69, 9.17) is 0 Å². The Balaban J connectivity index is 1.39. The predicted molar refractivity (Wildman–Crippen MR) is 114 cm³/mol. The summed E-state index contributed by atoms with van der Waals surface area (Å²) in [7, 11) is 0. The van der Waals surface area contributed by atoms with E-state index in [1.54, 1.807) is 0 Å². The Morgan fingerprint density at radius 3 is 2.59 bits per heavy atom. The molecule has 4 rings (SSSR count). The van der Waals surface area contributed by atoms with E-state index in [2.05, 4.69) is 41.5 Å². The topological polar surface area (TPSA) is 109 Å². The minimum Gasteiger partial charge on any atom is -0.324 e. The highest BCUT2D eigenvalue weighted by molar-refractivity contribution is 6.10. The number of aromatic nitrogens is 3. The first-order chi connectivity index (χ1) is 15.1. The molecule has 32 heavy (non-hydrogen) atoms. The average molecular weight is 442 g/mol. The van der Waals surface area contributed by atoms with Crippen LogP contribution < -0.4 is 10.6 Å². The Labute approximate surface area is 185 Å². The van der Waals surface area contributed by atoms with Gasteiger partial charge in [-0.3, -0.25) is 14.5 Å². The molecule has 2 aliphatic rings. The van der Waals surface area contributed by atoms with E-state index in [1.807, 2.05) is 0 Å². The van der Waals surface area contributed by atoms with Crippen molar-refractivity contribution >= 4 is 23.5 Å². The van der Waals surface area contributed by atoms with Crippen LogP contribution in [0.3, 0.4) is 0 Å². The van der Waals surface area contributed by atoms with Crippen LogP contribution in [0.15, 0.2) is 30.9 Å². The number of imide groups is 1. The van der Waals surface area contributed by atoms with Gasteiger partial charge in [-0.15, -0.1) is 0 Å². The molecule has 2 heterocycles. The number of nitrogens with zero attached hydrogens (tertiary/aromatic N) is 4. The van der Waals surface area contributed by atoms with Gasteiger partial charge in [0.2, 0.25) is 5.91 Å². The zero-order valence-corrected chi connectivity index (χ0v) is 18.4. The highest BCUT2D eigenvalue weighted by Crippen LogP contribution is 2.43. The molecule has 0 bridgehead atoms. The lowest BCUT2D eigenvalue weighted by Gasteiger charge is -2.40. The van der Waals surface area contributed by atoms with Crippen LogP contribution in [0, 0.1) is 17.2 Å². The molecule has 2 fully saturated rings. The monoisotopic (exact) mass is 442 g/mol. The Morgan fingerprint density at radius 2 is 2.00 bits per heavy atom. The Bertz CT molecular complexity index is 1040. The summed E-state index contributed by atoms with van der Waals surface area (Å²) in [6.07, 6.45) is 5.45. The van der Waals surface area contributed by atoms with Gasteiger partial charge in [0.15, 0.2) is 5.82 Å². The van der Waals surface area contributed by atoms with Crippen molar-refractivity contribution < 1.29 is 18.8 Å². The zero-order chi connectivity index (χ0) is 23.1. The molecule has 1 aromatic carbocycles. The lowest BCUT2D eigenvalue weighted by atomic mass is 9.67. The molecule has 9 nitrogen and oxygen atoms in total. The predicted octanol–water partition coefficient (Wildman–Crippen LogP) is 2.87. The van der Waals surface area contributed by atoms with Crippen molar-refractivity contribution in [1.82, 2.24) is 25.0 Å². The van der Waals surface area contributed by atoms with Gasteiger partial charge in [0.25, 0.3) is 5.91 Å². The van der Waals surface area contributed by atoms with Gasteiger partial charge in [0.05, 0.1) is 0 Å². The van der Waals surface area contributed by atoms with E-state index in [9.17, 15) is 18.8 Å². The molecule has 0 radical (unpaired) electrons. The van der Waals surface area contributed by atoms with Gasteiger partial charge >= 0.3 is 6.03 Å². The molecule has 2 N–H and O–H groups in total. The molecular weight excluding hydrogens is 415 g/mol. The van der Waals surface area contributed by atoms with Gasteiger partial charge in [-0.05, 0) is 55.2 Å². The molecule has 1 aromatic heterocycles. The fourth-order valence-electron chi connectivity index (χ4n) is 4.58. The summed E-state index contributed by atoms with van der Waals surface area (Å²) >= 11 is 0. The van der Waals surface area contributed by atoms with Crippen molar-refractivity contribution in [1.29, 1.82) is 0 Å². The largest absolute Gasteiger partial charge is 0.325 e. The van der Waals surface area contributed by atoms with Gasteiger partial charge in [-0.2, -0.15) is 5.10 Å². The standard InChI is InChI=1S/C22H27FN6O3/c1-21(2,3)14-6-8-22(9-7-14)19(31)28(20(32)27-22)11-18(30)26-15-4-5-17(16(23)10-15)29-13-24-12-25-29/h4-5,10,12-14H,6-9,11H2,1-3H3,(H,26,30)(H,27,32). The summed E-state index contributed by atoms with van der Waals surface area (Å²) < 4.78 is 15.6. The van der Waals surface area contributed by atoms with Gasteiger partial charge in [-0.25, -0.2) is 18.9 Å². The van der Waals surface area contributed by atoms with E-state index in [0.717, 1.165) is 23.8 Å². The highest BCUT2D eigenvalue weighted by Gasteiger charge is 2.53. The van der Waals surface area contributed by atoms with Crippen LogP contribution in [0.1, 0.15) is 46.5 Å². The number of halogens is 1. The summed E-state index contributed by atoms with van der Waals surface area (Å²) in [6.45, 7) is 6.12. The van der Waals surface area contributed by atoms with E-state index >= 15 is 0 Å². The molecule has 2 aromatic rings. The number of rotatable bonds is 4. The molecule has 1 saturated heterocycles. The van der Waals surface area contributed by atoms with Crippen molar-refractivity contribution in [3.63, 3.8) is 0 Å². The number of carbonyl (C=O) groups excluding carboxylic acids is 3. The van der Waals surface area contributed by atoms with Crippen LogP contribution >= 0.6 is 0 Å². The molecule has 1 aliphatic heterocycles. The third kappa shape index (κ3) is 4.09. The smallest absolute Gasteiger partial charge is 0.324 e. The molecule has 1 spiro atoms. The fraction of sp³-hybridized carbons (Fsp3) is 0.500. The Morgan fingerprint density at radius 1 is 1.28 bits per heavy atom. The van der Waals surface area contributed by atoms with Crippen LogP contribution in [0.2, 0.25) is 0 Å². The molecule has 170 valence electrons. The van der Waals surface area contributed by atoms with Crippen LogP contribution in [0.25, 0.3) is 5.69 Å². The molecule has 0 atom stereocenters. The molecule has 1 aliphatic carbocycles. The van der Waals surface area contributed by atoms with Gasteiger partial charge in [0, 0.05) is 5.69 Å². The first-order valence-electron chi connectivity index (χ1n) is 10.7. The molecule has 10 heteroatoms. The first-order valence-corrected chi connectivity index (χ1v) is 10.7. The minimum absolute atomic E-state index is 0.144. The summed E-state index contributed by atoms with van der Waals surface area (Å²) in [5.74, 6) is -1.07. The van der Waals surface area contributed by atoms with Crippen molar-refractivity contribution in [3.05, 3.63) is 36.7 Å². The van der Waals surface area contributed by atoms with E-state index in [1.165, 1.54) is 29.5 Å². The molecule has 4 amide bonds. The number of anilines is 1. The average Bonchev–Trinajstić information content (AvgIpc) is 3.32. The minimum atomic E-state index is -0.926. The lowest BCUT2D eigenvalue weighted by Crippen LogP contribution is -2.50. The second-order valence-electron chi connectivity index (χ2n) is 9.60. The maximum Gasteiger partial charge on any atom is 0.325 e. The van der Waals surface area contributed by atoms with Crippen LogP contribution in [0.5, 0.6) is 0 Å². The van der Waals surface area contributed by atoms with E-state index in [0.29, 0.717) is 18.8 Å².